The second-order valence-electron chi connectivity index (χ2n) is 4.11. The lowest BCUT2D eigenvalue weighted by Crippen LogP contribution is -2.15. The van der Waals surface area contributed by atoms with Gasteiger partial charge in [-0.3, -0.25) is 0 Å². The van der Waals surface area contributed by atoms with Crippen molar-refractivity contribution in [1.29, 1.82) is 0 Å². The molecule has 0 saturated heterocycles. The van der Waals surface area contributed by atoms with Gasteiger partial charge in [-0.05, 0) is 18.9 Å². The molecular formula is C12H15ClN3OP. The lowest BCUT2D eigenvalue weighted by Gasteiger charge is -2.14. The van der Waals surface area contributed by atoms with Crippen molar-refractivity contribution in [2.45, 2.75) is 26.0 Å². The third-order valence-corrected chi connectivity index (χ3v) is 3.49. The molecule has 0 aromatic carbocycles. The molecule has 96 valence electrons. The maximum atomic E-state index is 6.09. The summed E-state index contributed by atoms with van der Waals surface area (Å²) in [4.78, 5) is 8.30. The van der Waals surface area contributed by atoms with Gasteiger partial charge in [0.1, 0.15) is 17.1 Å². The molecule has 0 N–H and O–H groups in total. The van der Waals surface area contributed by atoms with Gasteiger partial charge in [0.25, 0.3) is 0 Å². The quantitative estimate of drug-likeness (QED) is 0.481. The molecule has 0 aliphatic carbocycles. The minimum absolute atomic E-state index is 0.0521. The number of rotatable bonds is 5. The Labute approximate surface area is 113 Å². The Kier molecular flexibility index (Phi) is 4.33. The first-order chi connectivity index (χ1) is 8.67. The summed E-state index contributed by atoms with van der Waals surface area (Å²) in [6.07, 6.45) is 6.17. The van der Waals surface area contributed by atoms with Crippen LogP contribution in [-0.4, -0.2) is 20.6 Å². The Morgan fingerprint density at radius 2 is 2.39 bits per heavy atom. The molecule has 2 heterocycles. The third kappa shape index (κ3) is 2.56. The largest absolute Gasteiger partial charge is 0.360 e. The SMILES string of the molecule is C=CCC(Cn1cc(C)c2c(Cl)ncnc21)OP. The molecule has 6 heteroatoms. The fourth-order valence-corrected chi connectivity index (χ4v) is 2.46. The summed E-state index contributed by atoms with van der Waals surface area (Å²) in [5.41, 5.74) is 1.90. The van der Waals surface area contributed by atoms with Crippen LogP contribution in [0.1, 0.15) is 12.0 Å². The first-order valence-electron chi connectivity index (χ1n) is 5.59. The first-order valence-corrected chi connectivity index (χ1v) is 6.44. The van der Waals surface area contributed by atoms with Crippen LogP contribution in [0, 0.1) is 6.92 Å². The minimum Gasteiger partial charge on any atom is -0.360 e. The normalized spacial score (nSPS) is 12.8. The van der Waals surface area contributed by atoms with E-state index in [2.05, 4.69) is 26.0 Å². The molecule has 0 amide bonds. The van der Waals surface area contributed by atoms with Crippen molar-refractivity contribution >= 4 is 32.1 Å². The van der Waals surface area contributed by atoms with Crippen molar-refractivity contribution in [3.8, 4) is 0 Å². The van der Waals surface area contributed by atoms with Gasteiger partial charge < -0.3 is 9.09 Å². The predicted molar refractivity (Wildman–Crippen MR) is 76.7 cm³/mol. The summed E-state index contributed by atoms with van der Waals surface area (Å²) in [7, 11) is 2.30. The number of fused-ring (bicyclic) bond motifs is 1. The van der Waals surface area contributed by atoms with E-state index in [9.17, 15) is 0 Å². The number of aryl methyl sites for hydroxylation is 1. The zero-order chi connectivity index (χ0) is 13.1. The molecule has 0 fully saturated rings. The number of nitrogens with zero attached hydrogens (tertiary/aromatic N) is 3. The molecule has 2 unspecified atom stereocenters. The van der Waals surface area contributed by atoms with Gasteiger partial charge in [0, 0.05) is 15.7 Å². The molecule has 0 aliphatic rings. The van der Waals surface area contributed by atoms with E-state index in [1.165, 1.54) is 6.33 Å². The van der Waals surface area contributed by atoms with Gasteiger partial charge in [-0.1, -0.05) is 17.7 Å². The zero-order valence-electron chi connectivity index (χ0n) is 10.1. The first kappa shape index (κ1) is 13.5. The van der Waals surface area contributed by atoms with Crippen molar-refractivity contribution in [1.82, 2.24) is 14.5 Å². The highest BCUT2D eigenvalue weighted by Gasteiger charge is 2.14. The highest BCUT2D eigenvalue weighted by Crippen LogP contribution is 2.25. The number of aromatic nitrogens is 3. The highest BCUT2D eigenvalue weighted by atomic mass is 35.5. The summed E-state index contributed by atoms with van der Waals surface area (Å²) in [6, 6.07) is 0. The van der Waals surface area contributed by atoms with Gasteiger partial charge in [-0.2, -0.15) is 0 Å². The molecule has 0 radical (unpaired) electrons. The van der Waals surface area contributed by atoms with E-state index < -0.39 is 0 Å². The number of halogens is 1. The number of hydrogen-bond acceptors (Lipinski definition) is 3. The van der Waals surface area contributed by atoms with Gasteiger partial charge in [0.2, 0.25) is 0 Å². The Hall–Kier alpha value is -0.960. The lowest BCUT2D eigenvalue weighted by molar-refractivity contribution is 0.219. The molecule has 2 rings (SSSR count). The van der Waals surface area contributed by atoms with Crippen LogP contribution in [0.25, 0.3) is 11.0 Å². The standard InChI is InChI=1S/C12H15ClN3OP/c1-3-4-9(17-18)6-16-5-8(2)10-11(13)14-7-15-12(10)16/h3,5,7,9H,1,4,6,18H2,2H3. The predicted octanol–water partition coefficient (Wildman–Crippen LogP) is 3.14. The highest BCUT2D eigenvalue weighted by molar-refractivity contribution is 7.09. The van der Waals surface area contributed by atoms with Crippen LogP contribution in [0.4, 0.5) is 0 Å². The van der Waals surface area contributed by atoms with Crippen molar-refractivity contribution in [2.24, 2.45) is 0 Å². The second kappa shape index (κ2) is 5.79. The Bertz CT molecular complexity index is 570. The van der Waals surface area contributed by atoms with Crippen LogP contribution in [-0.2, 0) is 11.1 Å². The van der Waals surface area contributed by atoms with Gasteiger partial charge in [0.05, 0.1) is 18.0 Å². The van der Waals surface area contributed by atoms with Crippen molar-refractivity contribution < 1.29 is 4.52 Å². The molecular weight excluding hydrogens is 269 g/mol. The van der Waals surface area contributed by atoms with Crippen molar-refractivity contribution in [2.75, 3.05) is 0 Å². The van der Waals surface area contributed by atoms with E-state index >= 15 is 0 Å². The lowest BCUT2D eigenvalue weighted by atomic mass is 10.2. The smallest absolute Gasteiger partial charge is 0.145 e. The summed E-state index contributed by atoms with van der Waals surface area (Å²) < 4.78 is 7.37. The summed E-state index contributed by atoms with van der Waals surface area (Å²) in [5.74, 6) is 0. The van der Waals surface area contributed by atoms with Gasteiger partial charge >= 0.3 is 0 Å². The minimum atomic E-state index is 0.0521. The number of hydrogen-bond donors (Lipinski definition) is 0. The van der Waals surface area contributed by atoms with E-state index in [1.807, 2.05) is 23.8 Å². The molecule has 0 aliphatic heterocycles. The molecule has 4 nitrogen and oxygen atoms in total. The van der Waals surface area contributed by atoms with Gasteiger partial charge in [0.15, 0.2) is 0 Å². The van der Waals surface area contributed by atoms with Crippen molar-refractivity contribution in [3.63, 3.8) is 0 Å². The van der Waals surface area contributed by atoms with Crippen LogP contribution >= 0.6 is 21.1 Å². The average Bonchev–Trinajstić information content (AvgIpc) is 2.67. The molecule has 0 bridgehead atoms. The van der Waals surface area contributed by atoms with Gasteiger partial charge in [-0.25, -0.2) is 9.97 Å². The molecule has 2 aromatic heterocycles. The van der Waals surface area contributed by atoms with Crippen LogP contribution in [0.5, 0.6) is 0 Å². The van der Waals surface area contributed by atoms with E-state index in [-0.39, 0.29) is 6.10 Å². The molecule has 2 atom stereocenters. The third-order valence-electron chi connectivity index (χ3n) is 2.82. The van der Waals surface area contributed by atoms with Crippen LogP contribution in [0.3, 0.4) is 0 Å². The maximum Gasteiger partial charge on any atom is 0.145 e. The Morgan fingerprint density at radius 1 is 1.61 bits per heavy atom. The summed E-state index contributed by atoms with van der Waals surface area (Å²) in [5, 5.41) is 1.39. The zero-order valence-corrected chi connectivity index (χ0v) is 12.0. The fraction of sp³-hybridized carbons (Fsp3) is 0.333. The molecule has 18 heavy (non-hydrogen) atoms. The van der Waals surface area contributed by atoms with Crippen molar-refractivity contribution in [3.05, 3.63) is 35.9 Å². The van der Waals surface area contributed by atoms with E-state index in [0.717, 1.165) is 23.0 Å². The van der Waals surface area contributed by atoms with E-state index in [4.69, 9.17) is 16.1 Å². The Balaban J connectivity index is 2.40. The monoisotopic (exact) mass is 283 g/mol. The molecule has 2 aromatic rings. The maximum absolute atomic E-state index is 6.09. The second-order valence-corrected chi connectivity index (χ2v) is 4.74. The van der Waals surface area contributed by atoms with Gasteiger partial charge in [-0.15, -0.1) is 6.58 Å². The van der Waals surface area contributed by atoms with E-state index in [0.29, 0.717) is 11.7 Å². The van der Waals surface area contributed by atoms with Crippen LogP contribution in [0.2, 0.25) is 5.15 Å². The summed E-state index contributed by atoms with van der Waals surface area (Å²) in [6.45, 7) is 6.43. The molecule has 0 saturated carbocycles. The summed E-state index contributed by atoms with van der Waals surface area (Å²) >= 11 is 6.09. The van der Waals surface area contributed by atoms with Crippen LogP contribution < -0.4 is 0 Å². The van der Waals surface area contributed by atoms with Crippen LogP contribution in [0.15, 0.2) is 25.2 Å². The Morgan fingerprint density at radius 3 is 3.06 bits per heavy atom. The average molecular weight is 284 g/mol. The molecule has 0 spiro atoms. The topological polar surface area (TPSA) is 39.9 Å². The van der Waals surface area contributed by atoms with E-state index in [1.54, 1.807) is 0 Å². The fourth-order valence-electron chi connectivity index (χ4n) is 1.99.